The van der Waals surface area contributed by atoms with Crippen molar-refractivity contribution in [1.82, 2.24) is 15.1 Å². The maximum Gasteiger partial charge on any atom is 0.320 e. The van der Waals surface area contributed by atoms with Gasteiger partial charge in [0, 0.05) is 17.1 Å². The first-order valence-electron chi connectivity index (χ1n) is 8.74. The van der Waals surface area contributed by atoms with Gasteiger partial charge in [0.1, 0.15) is 5.82 Å². The van der Waals surface area contributed by atoms with E-state index in [1.807, 2.05) is 0 Å². The molecule has 2 aromatic carbocycles. The zero-order valence-corrected chi connectivity index (χ0v) is 16.0. The molecule has 1 aromatic heterocycles. The molecule has 146 valence electrons. The molecule has 0 N–H and O–H groups in total. The lowest BCUT2D eigenvalue weighted by molar-refractivity contribution is -0.144. The molecule has 0 aliphatic heterocycles. The molecule has 1 heterocycles. The molecular formula is C20H19ClFN3O3. The molecule has 0 radical (unpaired) electrons. The van der Waals surface area contributed by atoms with Crippen LogP contribution in [0.15, 0.2) is 52.9 Å². The number of benzene rings is 2. The molecular weight excluding hydrogens is 385 g/mol. The molecule has 0 amide bonds. The molecule has 28 heavy (non-hydrogen) atoms. The summed E-state index contributed by atoms with van der Waals surface area (Å²) in [4.78, 5) is 13.7. The van der Waals surface area contributed by atoms with Crippen molar-refractivity contribution < 1.29 is 18.3 Å². The van der Waals surface area contributed by atoms with E-state index in [9.17, 15) is 9.18 Å². The predicted molar refractivity (Wildman–Crippen MR) is 102 cm³/mol. The van der Waals surface area contributed by atoms with Gasteiger partial charge in [-0.25, -0.2) is 4.39 Å². The van der Waals surface area contributed by atoms with Crippen LogP contribution >= 0.6 is 11.6 Å². The summed E-state index contributed by atoms with van der Waals surface area (Å²) in [5, 5.41) is 8.73. The summed E-state index contributed by atoms with van der Waals surface area (Å²) >= 11 is 5.89. The molecule has 0 saturated heterocycles. The van der Waals surface area contributed by atoms with Crippen molar-refractivity contribution in [1.29, 1.82) is 0 Å². The van der Waals surface area contributed by atoms with E-state index in [1.165, 1.54) is 12.1 Å². The second-order valence-corrected chi connectivity index (χ2v) is 6.52. The lowest BCUT2D eigenvalue weighted by atomic mass is 10.2. The molecule has 8 heteroatoms. The summed E-state index contributed by atoms with van der Waals surface area (Å²) in [5.74, 6) is 0.0492. The Morgan fingerprint density at radius 2 is 1.82 bits per heavy atom. The fraction of sp³-hybridized carbons (Fsp3) is 0.250. The third-order valence-corrected chi connectivity index (χ3v) is 4.15. The molecule has 0 aliphatic carbocycles. The highest BCUT2D eigenvalue weighted by atomic mass is 35.5. The van der Waals surface area contributed by atoms with E-state index in [0.717, 1.165) is 11.1 Å². The van der Waals surface area contributed by atoms with Gasteiger partial charge in [0.05, 0.1) is 19.7 Å². The van der Waals surface area contributed by atoms with Crippen LogP contribution in [-0.2, 0) is 22.6 Å². The van der Waals surface area contributed by atoms with E-state index in [1.54, 1.807) is 48.2 Å². The third kappa shape index (κ3) is 5.61. The van der Waals surface area contributed by atoms with Crippen LogP contribution in [0, 0.1) is 5.82 Å². The Balaban J connectivity index is 1.73. The second kappa shape index (κ2) is 9.43. The Labute approximate surface area is 166 Å². The Hall–Kier alpha value is -2.77. The number of carbonyl (C=O) groups is 1. The Bertz CT molecular complexity index is 913. The van der Waals surface area contributed by atoms with Gasteiger partial charge in [-0.1, -0.05) is 23.7 Å². The number of nitrogens with zero attached hydrogens (tertiary/aromatic N) is 3. The van der Waals surface area contributed by atoms with E-state index in [2.05, 4.69) is 10.2 Å². The fourth-order valence-corrected chi connectivity index (χ4v) is 2.75. The first-order valence-corrected chi connectivity index (χ1v) is 9.12. The molecule has 0 saturated carbocycles. The van der Waals surface area contributed by atoms with Crippen LogP contribution in [0.25, 0.3) is 11.5 Å². The van der Waals surface area contributed by atoms with Crippen molar-refractivity contribution in [2.75, 3.05) is 13.2 Å². The molecule has 0 fully saturated rings. The largest absolute Gasteiger partial charge is 0.465 e. The molecule has 0 unspecified atom stereocenters. The van der Waals surface area contributed by atoms with E-state index in [4.69, 9.17) is 20.8 Å². The second-order valence-electron chi connectivity index (χ2n) is 6.08. The van der Waals surface area contributed by atoms with Gasteiger partial charge in [-0.05, 0) is 48.9 Å². The Morgan fingerprint density at radius 1 is 1.11 bits per heavy atom. The van der Waals surface area contributed by atoms with Gasteiger partial charge in [0.15, 0.2) is 0 Å². The molecule has 3 rings (SSSR count). The van der Waals surface area contributed by atoms with Crippen LogP contribution in [0.2, 0.25) is 5.02 Å². The number of hydrogen-bond acceptors (Lipinski definition) is 6. The Kier molecular flexibility index (Phi) is 6.73. The quantitative estimate of drug-likeness (QED) is 0.527. The lowest BCUT2D eigenvalue weighted by Crippen LogP contribution is -2.30. The molecule has 0 bridgehead atoms. The number of hydrogen-bond donors (Lipinski definition) is 0. The molecule has 3 aromatic rings. The first kappa shape index (κ1) is 20.0. The van der Waals surface area contributed by atoms with Crippen molar-refractivity contribution in [3.05, 3.63) is 70.8 Å². The monoisotopic (exact) mass is 403 g/mol. The number of esters is 1. The number of halogens is 2. The highest BCUT2D eigenvalue weighted by Crippen LogP contribution is 2.21. The smallest absolute Gasteiger partial charge is 0.320 e. The average Bonchev–Trinajstić information content (AvgIpc) is 3.13. The highest BCUT2D eigenvalue weighted by molar-refractivity contribution is 6.30. The minimum absolute atomic E-state index is 0.0455. The third-order valence-electron chi connectivity index (χ3n) is 3.89. The van der Waals surface area contributed by atoms with Crippen molar-refractivity contribution in [2.24, 2.45) is 0 Å². The summed E-state index contributed by atoms with van der Waals surface area (Å²) < 4.78 is 23.9. The van der Waals surface area contributed by atoms with E-state index in [0.29, 0.717) is 30.0 Å². The molecule has 0 aliphatic rings. The van der Waals surface area contributed by atoms with Crippen molar-refractivity contribution in [2.45, 2.75) is 20.0 Å². The van der Waals surface area contributed by atoms with Gasteiger partial charge in [-0.15, -0.1) is 10.2 Å². The fourth-order valence-electron chi connectivity index (χ4n) is 2.62. The van der Waals surface area contributed by atoms with Crippen molar-refractivity contribution in [3.8, 4) is 11.5 Å². The van der Waals surface area contributed by atoms with E-state index >= 15 is 0 Å². The summed E-state index contributed by atoms with van der Waals surface area (Å²) in [7, 11) is 0. The normalized spacial score (nSPS) is 11.0. The van der Waals surface area contributed by atoms with E-state index < -0.39 is 0 Å². The average molecular weight is 404 g/mol. The van der Waals surface area contributed by atoms with Gasteiger partial charge in [0.2, 0.25) is 11.8 Å². The van der Waals surface area contributed by atoms with Crippen LogP contribution in [0.1, 0.15) is 18.4 Å². The van der Waals surface area contributed by atoms with Gasteiger partial charge >= 0.3 is 5.97 Å². The van der Waals surface area contributed by atoms with Gasteiger partial charge in [-0.2, -0.15) is 0 Å². The highest BCUT2D eigenvalue weighted by Gasteiger charge is 2.17. The van der Waals surface area contributed by atoms with Crippen LogP contribution in [0.4, 0.5) is 4.39 Å². The van der Waals surface area contributed by atoms with Crippen LogP contribution in [0.3, 0.4) is 0 Å². The van der Waals surface area contributed by atoms with Crippen LogP contribution < -0.4 is 0 Å². The predicted octanol–water partition coefficient (Wildman–Crippen LogP) is 4.09. The maximum absolute atomic E-state index is 13.1. The van der Waals surface area contributed by atoms with Gasteiger partial charge < -0.3 is 9.15 Å². The van der Waals surface area contributed by atoms with Crippen molar-refractivity contribution in [3.63, 3.8) is 0 Å². The zero-order chi connectivity index (χ0) is 19.9. The SMILES string of the molecule is CCOC(=O)CN(Cc1ccc(F)cc1)Cc1nnc(-c2ccc(Cl)cc2)o1. The standard InChI is InChI=1S/C20H19ClFN3O3/c1-2-27-19(26)13-25(11-14-3-9-17(22)10-4-14)12-18-23-24-20(28-18)15-5-7-16(21)8-6-15/h3-10H,2,11-13H2,1H3. The number of carbonyl (C=O) groups excluding carboxylic acids is 1. The lowest BCUT2D eigenvalue weighted by Gasteiger charge is -2.19. The minimum atomic E-state index is -0.359. The van der Waals surface area contributed by atoms with Gasteiger partial charge in [-0.3, -0.25) is 9.69 Å². The van der Waals surface area contributed by atoms with Crippen LogP contribution in [0.5, 0.6) is 0 Å². The number of rotatable bonds is 8. The summed E-state index contributed by atoms with van der Waals surface area (Å²) in [6.45, 7) is 2.74. The topological polar surface area (TPSA) is 68.5 Å². The summed E-state index contributed by atoms with van der Waals surface area (Å²) in [5.41, 5.74) is 1.60. The number of aromatic nitrogens is 2. The molecule has 0 spiro atoms. The van der Waals surface area contributed by atoms with E-state index in [-0.39, 0.29) is 24.9 Å². The summed E-state index contributed by atoms with van der Waals surface area (Å²) in [6.07, 6.45) is 0. The van der Waals surface area contributed by atoms with Gasteiger partial charge in [0.25, 0.3) is 0 Å². The number of ether oxygens (including phenoxy) is 1. The van der Waals surface area contributed by atoms with Crippen LogP contribution in [-0.4, -0.2) is 34.2 Å². The molecule has 6 nitrogen and oxygen atoms in total. The maximum atomic E-state index is 13.1. The summed E-state index contributed by atoms with van der Waals surface area (Å²) in [6, 6.07) is 13.1. The molecule has 0 atom stereocenters. The zero-order valence-electron chi connectivity index (χ0n) is 15.3. The first-order chi connectivity index (χ1) is 13.5. The van der Waals surface area contributed by atoms with Crippen molar-refractivity contribution >= 4 is 17.6 Å². The Morgan fingerprint density at radius 3 is 2.50 bits per heavy atom. The minimum Gasteiger partial charge on any atom is -0.465 e.